The van der Waals surface area contributed by atoms with Crippen molar-refractivity contribution in [2.75, 3.05) is 6.61 Å². The van der Waals surface area contributed by atoms with Gasteiger partial charge in [0.15, 0.2) is 0 Å². The second-order valence-corrected chi connectivity index (χ2v) is 16.9. The van der Waals surface area contributed by atoms with Gasteiger partial charge in [0.1, 0.15) is 0 Å². The molecule has 2 heterocycles. The van der Waals surface area contributed by atoms with Crippen LogP contribution in [0.3, 0.4) is 0 Å². The average Bonchev–Trinajstić information content (AvgIpc) is 3.08. The maximum Gasteiger partial charge on any atom is 0.489 e. The van der Waals surface area contributed by atoms with E-state index in [1.807, 2.05) is 0 Å². The quantitative estimate of drug-likeness (QED) is 0.415. The van der Waals surface area contributed by atoms with Gasteiger partial charge in [-0.25, -0.2) is 0 Å². The monoisotopic (exact) mass is 520 g/mol. The second kappa shape index (κ2) is 10.8. The highest BCUT2D eigenvalue weighted by Crippen LogP contribution is 2.40. The molecule has 2 aromatic carbocycles. The Kier molecular flexibility index (Phi) is 8.28. The highest BCUT2D eigenvalue weighted by molar-refractivity contribution is 6.99. The first kappa shape index (κ1) is 28.3. The van der Waals surface area contributed by atoms with E-state index in [1.54, 1.807) is 0 Å². The molecule has 2 saturated heterocycles. The molecule has 0 aromatic heterocycles. The smallest absolute Gasteiger partial charge is 0.402 e. The van der Waals surface area contributed by atoms with E-state index in [0.29, 0.717) is 0 Å². The lowest BCUT2D eigenvalue weighted by molar-refractivity contribution is -0.0640. The van der Waals surface area contributed by atoms with Crippen LogP contribution in [-0.4, -0.2) is 45.5 Å². The van der Waals surface area contributed by atoms with Crippen LogP contribution in [0, 0.1) is 0 Å². The zero-order valence-corrected chi connectivity index (χ0v) is 25.0. The molecule has 0 bridgehead atoms. The Balaban J connectivity index is 1.63. The van der Waals surface area contributed by atoms with Crippen LogP contribution in [0.2, 0.25) is 5.04 Å². The largest absolute Gasteiger partial charge is 0.489 e. The molecule has 0 aliphatic carbocycles. The molecule has 6 heteroatoms. The zero-order chi connectivity index (χ0) is 26.9. The molecule has 2 atom stereocenters. The Morgan fingerprint density at radius 3 is 1.95 bits per heavy atom. The number of rotatable bonds is 7. The first-order valence-electron chi connectivity index (χ1n) is 13.8. The second-order valence-electron chi connectivity index (χ2n) is 12.6. The van der Waals surface area contributed by atoms with E-state index >= 15 is 0 Å². The number of ether oxygens (including phenoxy) is 1. The predicted octanol–water partition coefficient (Wildman–Crippen LogP) is 6.08. The highest BCUT2D eigenvalue weighted by atomic mass is 28.4. The van der Waals surface area contributed by atoms with Crippen LogP contribution >= 0.6 is 0 Å². The maximum absolute atomic E-state index is 7.47. The van der Waals surface area contributed by atoms with Crippen LogP contribution in [-0.2, 0) is 18.5 Å². The fourth-order valence-electron chi connectivity index (χ4n) is 5.51. The van der Waals surface area contributed by atoms with Crippen molar-refractivity contribution in [1.82, 2.24) is 0 Å². The molecule has 2 aliphatic heterocycles. The summed E-state index contributed by atoms with van der Waals surface area (Å²) in [6.07, 6.45) is 5.03. The van der Waals surface area contributed by atoms with Crippen molar-refractivity contribution < 1.29 is 18.5 Å². The summed E-state index contributed by atoms with van der Waals surface area (Å²) in [5.41, 5.74) is 0.406. The third-order valence-corrected chi connectivity index (χ3v) is 13.5. The molecule has 2 aliphatic rings. The Hall–Kier alpha value is -1.70. The molecule has 2 fully saturated rings. The summed E-state index contributed by atoms with van der Waals surface area (Å²) in [5, 5.41) is 2.55. The molecule has 4 rings (SSSR count). The van der Waals surface area contributed by atoms with Gasteiger partial charge < -0.3 is 18.5 Å². The summed E-state index contributed by atoms with van der Waals surface area (Å²) in [6, 6.07) is 21.8. The summed E-state index contributed by atoms with van der Waals surface area (Å²) in [7, 11) is -2.98. The first-order chi connectivity index (χ1) is 17.4. The SMILES string of the molecule is C/C(=C\C[C@@H]1OCCC[C@H]1O[Si](c1ccccc1)(c1ccccc1)C(C)(C)C)B1OC(C)(C)C(C)(C)O1. The molecule has 0 saturated carbocycles. The number of benzene rings is 2. The third kappa shape index (κ3) is 5.69. The van der Waals surface area contributed by atoms with E-state index in [1.165, 1.54) is 10.4 Å². The molecule has 0 amide bonds. The fraction of sp³-hybridized carbons (Fsp3) is 0.548. The Bertz CT molecular complexity index is 1010. The van der Waals surface area contributed by atoms with Crippen molar-refractivity contribution in [2.24, 2.45) is 0 Å². The van der Waals surface area contributed by atoms with Crippen LogP contribution in [0.5, 0.6) is 0 Å². The maximum atomic E-state index is 7.47. The van der Waals surface area contributed by atoms with Gasteiger partial charge in [-0.05, 0) is 74.8 Å². The number of hydrogen-bond donors (Lipinski definition) is 0. The number of hydrogen-bond acceptors (Lipinski definition) is 4. The summed E-state index contributed by atoms with van der Waals surface area (Å²) < 4.78 is 26.4. The van der Waals surface area contributed by atoms with Gasteiger partial charge in [0.05, 0.1) is 23.4 Å². The topological polar surface area (TPSA) is 36.9 Å². The lowest BCUT2D eigenvalue weighted by atomic mass is 9.78. The molecule has 2 aromatic rings. The Morgan fingerprint density at radius 1 is 0.946 bits per heavy atom. The molecule has 0 radical (unpaired) electrons. The van der Waals surface area contributed by atoms with Crippen LogP contribution in [0.15, 0.2) is 72.2 Å². The average molecular weight is 521 g/mol. The van der Waals surface area contributed by atoms with Crippen LogP contribution in [0.1, 0.15) is 74.7 Å². The molecule has 37 heavy (non-hydrogen) atoms. The minimum atomic E-state index is -2.65. The lowest BCUT2D eigenvalue weighted by Gasteiger charge is -2.47. The van der Waals surface area contributed by atoms with E-state index in [2.05, 4.69) is 122 Å². The fourth-order valence-corrected chi connectivity index (χ4v) is 10.3. The van der Waals surface area contributed by atoms with Crippen LogP contribution in [0.25, 0.3) is 0 Å². The van der Waals surface area contributed by atoms with Gasteiger partial charge in [-0.3, -0.25) is 0 Å². The minimum Gasteiger partial charge on any atom is -0.402 e. The standard InChI is InChI=1S/C31H45BO4Si/c1-24(32-35-30(5,6)31(7,8)36-32)21-22-27-28(20-15-23-33-27)34-37(29(2,3)4,25-16-11-9-12-17-25)26-18-13-10-14-19-26/h9-14,16-19,21,27-28H,15,20,22-23H2,1-8H3/b24-21+/t27-,28+/m0/s1. The Labute approximate surface area is 226 Å². The summed E-state index contributed by atoms with van der Waals surface area (Å²) in [5.74, 6) is 0. The zero-order valence-electron chi connectivity index (χ0n) is 24.0. The van der Waals surface area contributed by atoms with E-state index in [4.69, 9.17) is 18.5 Å². The normalized spacial score (nSPS) is 24.3. The first-order valence-corrected chi connectivity index (χ1v) is 15.7. The summed E-state index contributed by atoms with van der Waals surface area (Å²) in [6.45, 7) is 18.3. The van der Waals surface area contributed by atoms with Crippen molar-refractivity contribution in [3.05, 3.63) is 72.2 Å². The molecular formula is C31H45BO4Si. The molecule has 0 spiro atoms. The molecule has 0 unspecified atom stereocenters. The molecular weight excluding hydrogens is 475 g/mol. The van der Waals surface area contributed by atoms with E-state index in [-0.39, 0.29) is 35.6 Å². The van der Waals surface area contributed by atoms with Gasteiger partial charge in [0, 0.05) is 6.61 Å². The van der Waals surface area contributed by atoms with Crippen molar-refractivity contribution >= 4 is 25.8 Å². The van der Waals surface area contributed by atoms with Gasteiger partial charge in [-0.2, -0.15) is 0 Å². The van der Waals surface area contributed by atoms with Gasteiger partial charge in [0.2, 0.25) is 0 Å². The van der Waals surface area contributed by atoms with E-state index in [9.17, 15) is 0 Å². The number of allylic oxidation sites excluding steroid dienone is 1. The minimum absolute atomic E-state index is 0.00669. The van der Waals surface area contributed by atoms with Gasteiger partial charge in [0.25, 0.3) is 8.32 Å². The summed E-state index contributed by atoms with van der Waals surface area (Å²) >= 11 is 0. The van der Waals surface area contributed by atoms with Crippen molar-refractivity contribution in [1.29, 1.82) is 0 Å². The van der Waals surface area contributed by atoms with Gasteiger partial charge in [-0.1, -0.05) is 87.5 Å². The van der Waals surface area contributed by atoms with Gasteiger partial charge >= 0.3 is 7.12 Å². The highest BCUT2D eigenvalue weighted by Gasteiger charge is 2.53. The van der Waals surface area contributed by atoms with Crippen molar-refractivity contribution in [2.45, 2.75) is 103 Å². The van der Waals surface area contributed by atoms with E-state index < -0.39 is 8.32 Å². The summed E-state index contributed by atoms with van der Waals surface area (Å²) in [4.78, 5) is 0. The lowest BCUT2D eigenvalue weighted by Crippen LogP contribution is -2.68. The predicted molar refractivity (Wildman–Crippen MR) is 156 cm³/mol. The van der Waals surface area contributed by atoms with E-state index in [0.717, 1.165) is 31.3 Å². The third-order valence-electron chi connectivity index (χ3n) is 8.42. The molecule has 4 nitrogen and oxygen atoms in total. The van der Waals surface area contributed by atoms with Crippen molar-refractivity contribution in [3.63, 3.8) is 0 Å². The van der Waals surface area contributed by atoms with Crippen molar-refractivity contribution in [3.8, 4) is 0 Å². The van der Waals surface area contributed by atoms with Gasteiger partial charge in [-0.15, -0.1) is 0 Å². The molecule has 200 valence electrons. The Morgan fingerprint density at radius 2 is 1.46 bits per heavy atom. The molecule has 0 N–H and O–H groups in total. The van der Waals surface area contributed by atoms with Crippen LogP contribution < -0.4 is 10.4 Å². The van der Waals surface area contributed by atoms with Crippen LogP contribution in [0.4, 0.5) is 0 Å².